The summed E-state index contributed by atoms with van der Waals surface area (Å²) in [5.41, 5.74) is 5.58. The molecule has 0 atom stereocenters. The van der Waals surface area contributed by atoms with Gasteiger partial charge in [0.1, 0.15) is 10.7 Å². The quantitative estimate of drug-likeness (QED) is 0.498. The molecule has 0 aliphatic heterocycles. The number of methoxy groups -OCH3 is 1. The average molecular weight is 320 g/mol. The van der Waals surface area contributed by atoms with Gasteiger partial charge in [-0.05, 0) is 31.0 Å². The molecule has 21 heavy (non-hydrogen) atoms. The summed E-state index contributed by atoms with van der Waals surface area (Å²) in [6.07, 6.45) is 1.33. The smallest absolute Gasteiger partial charge is 0.242 e. The van der Waals surface area contributed by atoms with Gasteiger partial charge in [0.15, 0.2) is 0 Å². The van der Waals surface area contributed by atoms with Crippen molar-refractivity contribution in [2.45, 2.75) is 17.7 Å². The molecule has 0 heterocycles. The van der Waals surface area contributed by atoms with E-state index in [2.05, 4.69) is 4.72 Å². The van der Waals surface area contributed by atoms with E-state index in [9.17, 15) is 12.8 Å². The van der Waals surface area contributed by atoms with Gasteiger partial charge in [-0.2, -0.15) is 0 Å². The van der Waals surface area contributed by atoms with Gasteiger partial charge in [0.05, 0.1) is 18.9 Å². The lowest BCUT2D eigenvalue weighted by atomic mass is 10.3. The van der Waals surface area contributed by atoms with Crippen LogP contribution in [-0.4, -0.2) is 41.9 Å². The van der Waals surface area contributed by atoms with Crippen molar-refractivity contribution in [2.75, 3.05) is 39.2 Å². The molecule has 0 aliphatic carbocycles. The number of sulfonamides is 1. The SMILES string of the molecule is COCCOCCCCNS(=O)(=O)c1cc(F)ccc1N. The first kappa shape index (κ1) is 17.8. The zero-order valence-electron chi connectivity index (χ0n) is 12.0. The minimum Gasteiger partial charge on any atom is -0.398 e. The number of rotatable bonds is 10. The average Bonchev–Trinajstić information content (AvgIpc) is 2.44. The second-order valence-corrected chi connectivity index (χ2v) is 6.13. The standard InChI is InChI=1S/C13H21FN2O4S/c1-19-8-9-20-7-3-2-6-16-21(17,18)13-10-11(14)4-5-12(13)15/h4-5,10,16H,2-3,6-9,15H2,1H3. The topological polar surface area (TPSA) is 90.6 Å². The van der Waals surface area contributed by atoms with Crippen LogP contribution in [0.2, 0.25) is 0 Å². The molecule has 1 aromatic rings. The van der Waals surface area contributed by atoms with Crippen LogP contribution in [0.3, 0.4) is 0 Å². The van der Waals surface area contributed by atoms with Gasteiger partial charge in [-0.3, -0.25) is 0 Å². The minimum absolute atomic E-state index is 0.0202. The Labute approximate surface area is 124 Å². The van der Waals surface area contributed by atoms with Gasteiger partial charge < -0.3 is 15.2 Å². The molecule has 0 aliphatic rings. The number of unbranched alkanes of at least 4 members (excludes halogenated alkanes) is 1. The number of nitrogens with one attached hydrogen (secondary N) is 1. The molecule has 0 fully saturated rings. The summed E-state index contributed by atoms with van der Waals surface area (Å²) in [7, 11) is -2.20. The third-order valence-electron chi connectivity index (χ3n) is 2.70. The normalized spacial score (nSPS) is 11.7. The summed E-state index contributed by atoms with van der Waals surface area (Å²) in [6.45, 7) is 1.83. The second kappa shape index (κ2) is 8.93. The summed E-state index contributed by atoms with van der Waals surface area (Å²) < 4.78 is 49.5. The van der Waals surface area contributed by atoms with Crippen molar-refractivity contribution >= 4 is 15.7 Å². The van der Waals surface area contributed by atoms with Crippen molar-refractivity contribution in [3.63, 3.8) is 0 Å². The van der Waals surface area contributed by atoms with Gasteiger partial charge in [-0.1, -0.05) is 0 Å². The van der Waals surface area contributed by atoms with Crippen molar-refractivity contribution in [3.05, 3.63) is 24.0 Å². The van der Waals surface area contributed by atoms with E-state index in [0.717, 1.165) is 12.1 Å². The molecule has 0 amide bonds. The molecule has 0 radical (unpaired) electrons. The predicted octanol–water partition coefficient (Wildman–Crippen LogP) is 1.13. The fraction of sp³-hybridized carbons (Fsp3) is 0.538. The fourth-order valence-electron chi connectivity index (χ4n) is 1.60. The van der Waals surface area contributed by atoms with Crippen LogP contribution in [0.15, 0.2) is 23.1 Å². The van der Waals surface area contributed by atoms with Crippen molar-refractivity contribution in [3.8, 4) is 0 Å². The van der Waals surface area contributed by atoms with Gasteiger partial charge in [-0.25, -0.2) is 17.5 Å². The van der Waals surface area contributed by atoms with E-state index >= 15 is 0 Å². The lowest BCUT2D eigenvalue weighted by molar-refractivity contribution is 0.0689. The zero-order chi connectivity index (χ0) is 15.7. The molecule has 0 saturated carbocycles. The first-order valence-corrected chi connectivity index (χ1v) is 8.07. The summed E-state index contributed by atoms with van der Waals surface area (Å²) in [5.74, 6) is -0.642. The highest BCUT2D eigenvalue weighted by molar-refractivity contribution is 7.89. The minimum atomic E-state index is -3.79. The Morgan fingerprint density at radius 1 is 1.24 bits per heavy atom. The van der Waals surface area contributed by atoms with Gasteiger partial charge >= 0.3 is 0 Å². The van der Waals surface area contributed by atoms with Crippen LogP contribution in [-0.2, 0) is 19.5 Å². The third kappa shape index (κ3) is 6.38. The van der Waals surface area contributed by atoms with E-state index < -0.39 is 15.8 Å². The fourth-order valence-corrected chi connectivity index (χ4v) is 2.81. The van der Waals surface area contributed by atoms with Crippen LogP contribution in [0.25, 0.3) is 0 Å². The van der Waals surface area contributed by atoms with Crippen LogP contribution in [0.5, 0.6) is 0 Å². The van der Waals surface area contributed by atoms with Crippen molar-refractivity contribution in [2.24, 2.45) is 0 Å². The van der Waals surface area contributed by atoms with Crippen LogP contribution >= 0.6 is 0 Å². The molecule has 6 nitrogen and oxygen atoms in total. The highest BCUT2D eigenvalue weighted by Crippen LogP contribution is 2.18. The van der Waals surface area contributed by atoms with Crippen molar-refractivity contribution in [1.82, 2.24) is 4.72 Å². The number of ether oxygens (including phenoxy) is 2. The van der Waals surface area contributed by atoms with E-state index in [1.54, 1.807) is 7.11 Å². The highest BCUT2D eigenvalue weighted by atomic mass is 32.2. The molecule has 0 saturated heterocycles. The molecule has 1 aromatic carbocycles. The summed E-state index contributed by atoms with van der Waals surface area (Å²) in [5, 5.41) is 0. The molecule has 8 heteroatoms. The van der Waals surface area contributed by atoms with Crippen LogP contribution in [0.4, 0.5) is 10.1 Å². The maximum Gasteiger partial charge on any atom is 0.242 e. The first-order chi connectivity index (χ1) is 9.97. The number of benzene rings is 1. The predicted molar refractivity (Wildman–Crippen MR) is 77.9 cm³/mol. The number of anilines is 1. The molecule has 0 bridgehead atoms. The van der Waals surface area contributed by atoms with Gasteiger partial charge in [0.25, 0.3) is 0 Å². The number of nitrogen functional groups attached to an aromatic ring is 1. The van der Waals surface area contributed by atoms with Gasteiger partial charge in [0, 0.05) is 20.3 Å². The van der Waals surface area contributed by atoms with Crippen LogP contribution in [0.1, 0.15) is 12.8 Å². The second-order valence-electron chi connectivity index (χ2n) is 4.39. The van der Waals surface area contributed by atoms with Crippen LogP contribution < -0.4 is 10.5 Å². The Morgan fingerprint density at radius 3 is 2.71 bits per heavy atom. The largest absolute Gasteiger partial charge is 0.398 e. The molecular formula is C13H21FN2O4S. The third-order valence-corrected chi connectivity index (χ3v) is 4.22. The van der Waals surface area contributed by atoms with Gasteiger partial charge in [0.2, 0.25) is 10.0 Å². The van der Waals surface area contributed by atoms with E-state index in [1.165, 1.54) is 6.07 Å². The number of hydrogen-bond acceptors (Lipinski definition) is 5. The first-order valence-electron chi connectivity index (χ1n) is 6.59. The number of halogens is 1. The zero-order valence-corrected chi connectivity index (χ0v) is 12.8. The molecule has 120 valence electrons. The molecule has 0 spiro atoms. The van der Waals surface area contributed by atoms with E-state index in [1.807, 2.05) is 0 Å². The highest BCUT2D eigenvalue weighted by Gasteiger charge is 2.17. The maximum absolute atomic E-state index is 13.1. The molecular weight excluding hydrogens is 299 g/mol. The molecule has 3 N–H and O–H groups in total. The maximum atomic E-state index is 13.1. The Balaban J connectivity index is 2.35. The summed E-state index contributed by atoms with van der Waals surface area (Å²) in [6, 6.07) is 3.25. The van der Waals surface area contributed by atoms with Crippen molar-refractivity contribution in [1.29, 1.82) is 0 Å². The summed E-state index contributed by atoms with van der Waals surface area (Å²) in [4.78, 5) is -0.237. The van der Waals surface area contributed by atoms with E-state index in [0.29, 0.717) is 32.7 Å². The van der Waals surface area contributed by atoms with E-state index in [4.69, 9.17) is 15.2 Å². The lowest BCUT2D eigenvalue weighted by Crippen LogP contribution is -2.26. The molecule has 0 unspecified atom stereocenters. The molecule has 1 rings (SSSR count). The summed E-state index contributed by atoms with van der Waals surface area (Å²) >= 11 is 0. The van der Waals surface area contributed by atoms with E-state index in [-0.39, 0.29) is 17.1 Å². The Hall–Kier alpha value is -1.22. The number of hydrogen-bond donors (Lipinski definition) is 2. The Kier molecular flexibility index (Phi) is 7.58. The van der Waals surface area contributed by atoms with Crippen molar-refractivity contribution < 1.29 is 22.3 Å². The monoisotopic (exact) mass is 320 g/mol. The lowest BCUT2D eigenvalue weighted by Gasteiger charge is -2.09. The molecule has 0 aromatic heterocycles. The Bertz CT molecular complexity index is 537. The van der Waals surface area contributed by atoms with Crippen LogP contribution in [0, 0.1) is 5.82 Å². The Morgan fingerprint density at radius 2 is 2.00 bits per heavy atom. The van der Waals surface area contributed by atoms with Gasteiger partial charge in [-0.15, -0.1) is 0 Å². The number of nitrogens with two attached hydrogens (primary N) is 1.